The lowest BCUT2D eigenvalue weighted by atomic mass is 9.88. The number of hydrogen-bond donors (Lipinski definition) is 1. The number of tetrazole rings is 1. The van der Waals surface area contributed by atoms with Gasteiger partial charge in [0.25, 0.3) is 5.56 Å². The fourth-order valence-corrected chi connectivity index (χ4v) is 7.17. The van der Waals surface area contributed by atoms with Crippen LogP contribution in [0.4, 0.5) is 0 Å². The predicted octanol–water partition coefficient (Wildman–Crippen LogP) is 6.53. The first-order valence-corrected chi connectivity index (χ1v) is 16.9. The molecule has 1 N–H and O–H groups in total. The molecule has 10 nitrogen and oxygen atoms in total. The van der Waals surface area contributed by atoms with Crippen molar-refractivity contribution in [3.8, 4) is 28.2 Å². The van der Waals surface area contributed by atoms with Gasteiger partial charge in [0.15, 0.2) is 17.0 Å². The zero-order chi connectivity index (χ0) is 33.2. The Morgan fingerprint density at radius 1 is 0.714 bits per heavy atom. The van der Waals surface area contributed by atoms with Gasteiger partial charge in [0.2, 0.25) is 0 Å². The van der Waals surface area contributed by atoms with Crippen LogP contribution in [-0.2, 0) is 19.5 Å². The highest BCUT2D eigenvalue weighted by molar-refractivity contribution is 5.80. The van der Waals surface area contributed by atoms with Gasteiger partial charge < -0.3 is 4.57 Å². The Balaban J connectivity index is 1.26. The number of H-pyrrole nitrogens is 1. The largest absolute Gasteiger partial charge is 0.337 e. The van der Waals surface area contributed by atoms with Crippen LogP contribution in [0.2, 0.25) is 0 Å². The van der Waals surface area contributed by atoms with Crippen molar-refractivity contribution in [1.29, 1.82) is 0 Å². The number of aryl methyl sites for hydroxylation is 2. The van der Waals surface area contributed by atoms with Crippen molar-refractivity contribution in [2.24, 2.45) is 0 Å². The summed E-state index contributed by atoms with van der Waals surface area (Å²) in [4.78, 5) is 34.0. The second-order valence-electron chi connectivity index (χ2n) is 12.7. The summed E-state index contributed by atoms with van der Waals surface area (Å²) in [6.07, 6.45) is 6.11. The highest BCUT2D eigenvalue weighted by Gasteiger charge is 2.27. The number of aromatic nitrogens is 8. The second kappa shape index (κ2) is 13.3. The van der Waals surface area contributed by atoms with E-state index in [0.717, 1.165) is 59.3 Å². The Morgan fingerprint density at radius 3 is 2.12 bits per heavy atom. The average molecular weight is 649 g/mol. The van der Waals surface area contributed by atoms with Crippen molar-refractivity contribution >= 4 is 11.2 Å². The van der Waals surface area contributed by atoms with Crippen molar-refractivity contribution in [2.45, 2.75) is 57.5 Å². The van der Waals surface area contributed by atoms with Crippen LogP contribution in [0.1, 0.15) is 55.0 Å². The van der Waals surface area contributed by atoms with Gasteiger partial charge in [-0.3, -0.25) is 9.36 Å². The summed E-state index contributed by atoms with van der Waals surface area (Å²) in [6, 6.07) is 35.7. The molecule has 10 heteroatoms. The van der Waals surface area contributed by atoms with E-state index >= 15 is 0 Å². The third-order valence-electron chi connectivity index (χ3n) is 9.65. The van der Waals surface area contributed by atoms with Crippen molar-refractivity contribution in [2.75, 3.05) is 0 Å². The molecule has 1 saturated carbocycles. The lowest BCUT2D eigenvalue weighted by Crippen LogP contribution is -2.40. The highest BCUT2D eigenvalue weighted by Crippen LogP contribution is 2.34. The van der Waals surface area contributed by atoms with Gasteiger partial charge in [-0.15, -0.1) is 5.10 Å². The van der Waals surface area contributed by atoms with Crippen molar-refractivity contribution < 1.29 is 0 Å². The Bertz CT molecular complexity index is 2320. The Labute approximate surface area is 282 Å². The molecule has 8 rings (SSSR count). The molecule has 0 unspecified atom stereocenters. The van der Waals surface area contributed by atoms with Crippen LogP contribution in [-0.4, -0.2) is 39.3 Å². The van der Waals surface area contributed by atoms with E-state index in [2.05, 4.69) is 67.7 Å². The van der Waals surface area contributed by atoms with Crippen LogP contribution in [0, 0.1) is 0 Å². The second-order valence-corrected chi connectivity index (χ2v) is 12.7. The van der Waals surface area contributed by atoms with Gasteiger partial charge >= 0.3 is 5.69 Å². The number of nitrogens with zero attached hydrogens (tertiary/aromatic N) is 7. The third-order valence-corrected chi connectivity index (χ3v) is 9.65. The molecule has 0 amide bonds. The van der Waals surface area contributed by atoms with E-state index in [1.807, 2.05) is 66.7 Å². The van der Waals surface area contributed by atoms with Gasteiger partial charge in [0.1, 0.15) is 5.82 Å². The van der Waals surface area contributed by atoms with Crippen molar-refractivity contribution in [3.05, 3.63) is 147 Å². The Hall–Kier alpha value is -5.90. The number of benzene rings is 4. The molecule has 0 radical (unpaired) electrons. The van der Waals surface area contributed by atoms with Crippen LogP contribution in [0.25, 0.3) is 39.4 Å². The number of hydrogen-bond acceptors (Lipinski definition) is 6. The van der Waals surface area contributed by atoms with E-state index < -0.39 is 0 Å². The molecule has 0 atom stereocenters. The number of fused-ring (bicyclic) bond motifs is 1. The summed E-state index contributed by atoms with van der Waals surface area (Å²) < 4.78 is 5.11. The Kier molecular flexibility index (Phi) is 8.27. The van der Waals surface area contributed by atoms with E-state index in [0.29, 0.717) is 42.2 Å². The summed E-state index contributed by atoms with van der Waals surface area (Å²) in [7, 11) is 0. The maximum absolute atomic E-state index is 14.5. The third kappa shape index (κ3) is 5.90. The maximum Gasteiger partial charge on any atom is 0.337 e. The molecule has 1 aliphatic carbocycles. The molecule has 1 fully saturated rings. The maximum atomic E-state index is 14.5. The monoisotopic (exact) mass is 648 g/mol. The Morgan fingerprint density at radius 2 is 1.41 bits per heavy atom. The average Bonchev–Trinajstić information content (AvgIpc) is 3.83. The molecular formula is C39H36N8O2. The van der Waals surface area contributed by atoms with Gasteiger partial charge in [-0.1, -0.05) is 116 Å². The first-order chi connectivity index (χ1) is 24.2. The molecule has 0 saturated heterocycles. The smallest absolute Gasteiger partial charge is 0.317 e. The zero-order valence-electron chi connectivity index (χ0n) is 27.1. The topological polar surface area (TPSA) is 116 Å². The summed E-state index contributed by atoms with van der Waals surface area (Å²) in [6.45, 7) is 0.861. The van der Waals surface area contributed by atoms with E-state index in [-0.39, 0.29) is 17.2 Å². The standard InChI is InChI=1S/C39H36N8O2/c48-38-34-37(45(25-24-27-12-4-1-5-13-27)39(49)47(38)31-16-8-3-9-17-31)40-36(30-14-6-2-7-15-30)46(34)26-28-20-22-29(23-21-28)32-18-10-11-19-33(32)35-41-43-44-42-35/h1,3-5,8-13,16-23,30H,2,6-7,14-15,24-26H2,(H,41,42,43,44). The van der Waals surface area contributed by atoms with E-state index in [4.69, 9.17) is 4.98 Å². The minimum absolute atomic E-state index is 0.213. The van der Waals surface area contributed by atoms with E-state index in [1.165, 1.54) is 11.0 Å². The van der Waals surface area contributed by atoms with Crippen LogP contribution in [0.3, 0.4) is 0 Å². The van der Waals surface area contributed by atoms with Gasteiger partial charge in [0, 0.05) is 24.6 Å². The molecule has 4 aromatic carbocycles. The van der Waals surface area contributed by atoms with Gasteiger partial charge in [-0.05, 0) is 64.1 Å². The minimum Gasteiger partial charge on any atom is -0.317 e. The number of rotatable bonds is 9. The van der Waals surface area contributed by atoms with Crippen LogP contribution in [0.15, 0.2) is 119 Å². The lowest BCUT2D eigenvalue weighted by Gasteiger charge is -2.22. The molecule has 3 heterocycles. The number of aromatic amines is 1. The predicted molar refractivity (Wildman–Crippen MR) is 190 cm³/mol. The highest BCUT2D eigenvalue weighted by atomic mass is 16.2. The minimum atomic E-state index is -0.371. The molecule has 3 aromatic heterocycles. The molecule has 0 bridgehead atoms. The van der Waals surface area contributed by atoms with E-state index in [1.54, 1.807) is 4.57 Å². The molecule has 1 aliphatic rings. The zero-order valence-corrected chi connectivity index (χ0v) is 27.1. The number of nitrogens with one attached hydrogen (secondary N) is 1. The van der Waals surface area contributed by atoms with E-state index in [9.17, 15) is 9.59 Å². The van der Waals surface area contributed by atoms with Crippen molar-refractivity contribution in [1.82, 2.24) is 39.3 Å². The number of imidazole rings is 1. The first-order valence-electron chi connectivity index (χ1n) is 16.9. The fraction of sp³-hybridized carbons (Fsp3) is 0.231. The van der Waals surface area contributed by atoms with Gasteiger partial charge in [-0.2, -0.15) is 0 Å². The van der Waals surface area contributed by atoms with Crippen LogP contribution in [0.5, 0.6) is 0 Å². The SMILES string of the molecule is O=c1c2c(nc(C3CCCCC3)n2Cc2ccc(-c3ccccc3-c3nnn[nH]3)cc2)n(CCc2ccccc2)c(=O)n1-c1ccccc1. The van der Waals surface area contributed by atoms with Gasteiger partial charge in [-0.25, -0.2) is 19.4 Å². The molecule has 244 valence electrons. The summed E-state index contributed by atoms with van der Waals surface area (Å²) >= 11 is 0. The summed E-state index contributed by atoms with van der Waals surface area (Å²) in [5.74, 6) is 1.71. The molecular weight excluding hydrogens is 612 g/mol. The first kappa shape index (κ1) is 30.4. The van der Waals surface area contributed by atoms with Crippen LogP contribution >= 0.6 is 0 Å². The molecule has 0 aliphatic heterocycles. The summed E-state index contributed by atoms with van der Waals surface area (Å²) in [5, 5.41) is 14.5. The molecule has 7 aromatic rings. The summed E-state index contributed by atoms with van der Waals surface area (Å²) in [5.41, 5.74) is 5.86. The fourth-order valence-electron chi connectivity index (χ4n) is 7.17. The van der Waals surface area contributed by atoms with Gasteiger partial charge in [0.05, 0.1) is 5.69 Å². The van der Waals surface area contributed by atoms with Crippen molar-refractivity contribution in [3.63, 3.8) is 0 Å². The van der Waals surface area contributed by atoms with Crippen LogP contribution < -0.4 is 11.2 Å². The lowest BCUT2D eigenvalue weighted by molar-refractivity contribution is 0.420. The molecule has 49 heavy (non-hydrogen) atoms. The number of para-hydroxylation sites is 1. The normalized spacial score (nSPS) is 13.6. The molecule has 0 spiro atoms. The quantitative estimate of drug-likeness (QED) is 0.190.